The van der Waals surface area contributed by atoms with E-state index in [4.69, 9.17) is 16.2 Å². The second kappa shape index (κ2) is 18.0. The molecular formula is C26H37N7O5S2. The highest BCUT2D eigenvalue weighted by Gasteiger charge is 2.25. The third-order valence-electron chi connectivity index (χ3n) is 5.45. The molecule has 0 aliphatic heterocycles. The molecule has 2 rings (SSSR count). The lowest BCUT2D eigenvalue weighted by molar-refractivity contribution is -0.128. The number of benzene rings is 1. The van der Waals surface area contributed by atoms with Gasteiger partial charge in [-0.3, -0.25) is 9.59 Å². The van der Waals surface area contributed by atoms with Gasteiger partial charge in [-0.15, -0.1) is 0 Å². The average molecular weight is 592 g/mol. The van der Waals surface area contributed by atoms with Crippen LogP contribution >= 0.6 is 21.6 Å². The molecule has 0 saturated carbocycles. The van der Waals surface area contributed by atoms with Crippen molar-refractivity contribution in [3.63, 3.8) is 0 Å². The number of carbonyl (C=O) groups is 4. The van der Waals surface area contributed by atoms with Gasteiger partial charge in [0, 0.05) is 30.7 Å². The van der Waals surface area contributed by atoms with Gasteiger partial charge >= 0.3 is 12.1 Å². The summed E-state index contributed by atoms with van der Waals surface area (Å²) in [6, 6.07) is 10.2. The Morgan fingerprint density at radius 2 is 1.75 bits per heavy atom. The third kappa shape index (κ3) is 13.0. The third-order valence-corrected chi connectivity index (χ3v) is 7.72. The van der Waals surface area contributed by atoms with E-state index < -0.39 is 36.0 Å². The number of pyridine rings is 1. The van der Waals surface area contributed by atoms with Gasteiger partial charge in [-0.05, 0) is 59.4 Å². The van der Waals surface area contributed by atoms with Gasteiger partial charge in [-0.25, -0.2) is 14.6 Å². The fourth-order valence-electron chi connectivity index (χ4n) is 3.16. The molecule has 2 aromatic rings. The Kier molecular flexibility index (Phi) is 14.7. The summed E-state index contributed by atoms with van der Waals surface area (Å²) in [6.07, 6.45) is 1.89. The van der Waals surface area contributed by atoms with E-state index in [1.165, 1.54) is 10.8 Å². The monoisotopic (exact) mass is 591 g/mol. The topological polar surface area (TPSA) is 191 Å². The van der Waals surface area contributed by atoms with Crippen molar-refractivity contribution in [1.29, 1.82) is 0 Å². The molecule has 40 heavy (non-hydrogen) atoms. The fraction of sp³-hybridized carbons (Fsp3) is 0.423. The number of aromatic nitrogens is 1. The highest BCUT2D eigenvalue weighted by molar-refractivity contribution is 8.76. The number of nitrogens with zero attached hydrogens (tertiary/aromatic N) is 1. The number of alkyl carbamates (subject to hydrolysis) is 1. The normalized spacial score (nSPS) is 12.2. The van der Waals surface area contributed by atoms with Crippen molar-refractivity contribution in [3.05, 3.63) is 54.2 Å². The molecule has 0 radical (unpaired) electrons. The standard InChI is InChI=1S/C26H37N7O5S2/c1-17(2)22(27)24(35)33-20(6-5-13-30-25(28)36)23(34)32-19-10-8-18(9-11-19)16-38-26(37)31-14-15-39-40-21-7-3-4-12-29-21/h3-4,7-12,17,20,22H,5-6,13-16,27H2,1-2H3,(H,31,37)(H,32,34)(H,33,35)(H3,28,30,36). The first-order valence-corrected chi connectivity index (χ1v) is 15.1. The van der Waals surface area contributed by atoms with Crippen LogP contribution in [-0.2, 0) is 20.9 Å². The molecule has 0 aliphatic carbocycles. The van der Waals surface area contributed by atoms with Gasteiger partial charge in [0.2, 0.25) is 11.8 Å². The Balaban J connectivity index is 1.78. The Hall–Kier alpha value is -3.49. The Bertz CT molecular complexity index is 1090. The zero-order valence-electron chi connectivity index (χ0n) is 22.6. The molecule has 0 spiro atoms. The minimum absolute atomic E-state index is 0.0640. The van der Waals surface area contributed by atoms with E-state index in [0.29, 0.717) is 24.4 Å². The minimum atomic E-state index is -0.862. The van der Waals surface area contributed by atoms with Crippen LogP contribution in [0.4, 0.5) is 15.3 Å². The van der Waals surface area contributed by atoms with Crippen LogP contribution < -0.4 is 32.7 Å². The Labute approximate surface area is 241 Å². The molecule has 2 atom stereocenters. The van der Waals surface area contributed by atoms with E-state index in [2.05, 4.69) is 26.3 Å². The van der Waals surface area contributed by atoms with E-state index in [0.717, 1.165) is 10.6 Å². The SMILES string of the molecule is CC(C)C(N)C(=O)NC(CCCNC(N)=O)C(=O)Nc1ccc(COC(=O)NCCSSc2ccccn2)cc1. The van der Waals surface area contributed by atoms with E-state index in [9.17, 15) is 19.2 Å². The molecule has 1 aromatic carbocycles. The summed E-state index contributed by atoms with van der Waals surface area (Å²) in [5.74, 6) is -0.274. The summed E-state index contributed by atoms with van der Waals surface area (Å²) in [5.41, 5.74) is 12.2. The van der Waals surface area contributed by atoms with Crippen molar-refractivity contribution in [2.45, 2.75) is 50.4 Å². The number of nitrogens with two attached hydrogens (primary N) is 2. The summed E-state index contributed by atoms with van der Waals surface area (Å²) in [5, 5.41) is 11.5. The van der Waals surface area contributed by atoms with Gasteiger partial charge in [0.05, 0.1) is 6.04 Å². The molecule has 1 heterocycles. The maximum Gasteiger partial charge on any atom is 0.407 e. The highest BCUT2D eigenvalue weighted by Crippen LogP contribution is 2.28. The van der Waals surface area contributed by atoms with Crippen molar-refractivity contribution in [2.75, 3.05) is 24.2 Å². The molecule has 0 aliphatic rings. The number of urea groups is 1. The molecule has 2 unspecified atom stereocenters. The van der Waals surface area contributed by atoms with E-state index >= 15 is 0 Å². The number of hydrogen-bond acceptors (Lipinski definition) is 9. The number of nitrogens with one attached hydrogen (secondary N) is 4. The second-order valence-corrected chi connectivity index (χ2v) is 11.5. The Morgan fingerprint density at radius 1 is 1.00 bits per heavy atom. The molecule has 12 nitrogen and oxygen atoms in total. The molecular weight excluding hydrogens is 554 g/mol. The summed E-state index contributed by atoms with van der Waals surface area (Å²) >= 11 is 0. The number of ether oxygens (including phenoxy) is 1. The van der Waals surface area contributed by atoms with Crippen molar-refractivity contribution < 1.29 is 23.9 Å². The number of anilines is 1. The number of carbonyl (C=O) groups excluding carboxylic acids is 4. The van der Waals surface area contributed by atoms with Crippen LogP contribution in [-0.4, -0.2) is 59.8 Å². The largest absolute Gasteiger partial charge is 0.445 e. The van der Waals surface area contributed by atoms with Gasteiger partial charge in [0.15, 0.2) is 0 Å². The summed E-state index contributed by atoms with van der Waals surface area (Å²) in [4.78, 5) is 52.5. The number of amides is 5. The highest BCUT2D eigenvalue weighted by atomic mass is 33.1. The first kappa shape index (κ1) is 32.7. The fourth-order valence-corrected chi connectivity index (χ4v) is 4.95. The van der Waals surface area contributed by atoms with E-state index in [-0.39, 0.29) is 25.5 Å². The van der Waals surface area contributed by atoms with Crippen LogP contribution in [0.2, 0.25) is 0 Å². The summed E-state index contributed by atoms with van der Waals surface area (Å²) in [6.45, 7) is 4.40. The molecule has 1 aromatic heterocycles. The quantitative estimate of drug-likeness (QED) is 0.126. The van der Waals surface area contributed by atoms with Crippen LogP contribution in [0.1, 0.15) is 32.3 Å². The molecule has 218 valence electrons. The van der Waals surface area contributed by atoms with E-state index in [1.807, 2.05) is 32.0 Å². The van der Waals surface area contributed by atoms with Crippen LogP contribution in [0.25, 0.3) is 0 Å². The van der Waals surface area contributed by atoms with Crippen LogP contribution in [0, 0.1) is 5.92 Å². The summed E-state index contributed by atoms with van der Waals surface area (Å²) < 4.78 is 5.25. The lowest BCUT2D eigenvalue weighted by Gasteiger charge is -2.22. The number of hydrogen-bond donors (Lipinski definition) is 6. The molecule has 0 bridgehead atoms. The average Bonchev–Trinajstić information content (AvgIpc) is 2.93. The maximum absolute atomic E-state index is 12.9. The van der Waals surface area contributed by atoms with Crippen LogP contribution in [0.5, 0.6) is 0 Å². The summed E-state index contributed by atoms with van der Waals surface area (Å²) in [7, 11) is 3.12. The molecule has 8 N–H and O–H groups in total. The first-order valence-electron chi connectivity index (χ1n) is 12.8. The zero-order valence-corrected chi connectivity index (χ0v) is 24.2. The first-order chi connectivity index (χ1) is 19.2. The van der Waals surface area contributed by atoms with E-state index in [1.54, 1.807) is 41.3 Å². The van der Waals surface area contributed by atoms with Gasteiger partial charge in [-0.1, -0.05) is 42.8 Å². The smallest absolute Gasteiger partial charge is 0.407 e. The lowest BCUT2D eigenvalue weighted by Crippen LogP contribution is -2.51. The van der Waals surface area contributed by atoms with Crippen LogP contribution in [0.15, 0.2) is 53.7 Å². The molecule has 14 heteroatoms. The van der Waals surface area contributed by atoms with Gasteiger partial charge in [-0.2, -0.15) is 0 Å². The van der Waals surface area contributed by atoms with Crippen molar-refractivity contribution >= 4 is 51.2 Å². The predicted octanol–water partition coefficient (Wildman–Crippen LogP) is 2.60. The maximum atomic E-state index is 12.9. The second-order valence-electron chi connectivity index (χ2n) is 9.03. The Morgan fingerprint density at radius 3 is 2.40 bits per heavy atom. The van der Waals surface area contributed by atoms with Crippen LogP contribution in [0.3, 0.4) is 0 Å². The molecule has 0 fully saturated rings. The van der Waals surface area contributed by atoms with Gasteiger partial charge in [0.1, 0.15) is 17.7 Å². The number of primary amides is 1. The van der Waals surface area contributed by atoms with Gasteiger partial charge < -0.3 is 37.5 Å². The number of rotatable bonds is 16. The van der Waals surface area contributed by atoms with Crippen molar-refractivity contribution in [2.24, 2.45) is 17.4 Å². The van der Waals surface area contributed by atoms with Crippen molar-refractivity contribution in [3.8, 4) is 0 Å². The predicted molar refractivity (Wildman–Crippen MR) is 157 cm³/mol. The minimum Gasteiger partial charge on any atom is -0.445 e. The van der Waals surface area contributed by atoms with Crippen molar-refractivity contribution in [1.82, 2.24) is 20.9 Å². The zero-order chi connectivity index (χ0) is 29.3. The lowest BCUT2D eigenvalue weighted by atomic mass is 10.0. The molecule has 5 amide bonds. The molecule has 0 saturated heterocycles. The van der Waals surface area contributed by atoms with Gasteiger partial charge in [0.25, 0.3) is 0 Å².